The van der Waals surface area contributed by atoms with Crippen LogP contribution < -0.4 is 14.2 Å². The minimum absolute atomic E-state index is 0.144. The Morgan fingerprint density at radius 2 is 1.73 bits per heavy atom. The van der Waals surface area contributed by atoms with E-state index in [1.54, 1.807) is 45.4 Å². The number of carbonyl (C=O) groups excluding carboxylic acids is 1. The van der Waals surface area contributed by atoms with Crippen LogP contribution >= 0.6 is 0 Å². The third-order valence-corrected chi connectivity index (χ3v) is 5.48. The molecule has 0 bridgehead atoms. The highest BCUT2D eigenvalue weighted by atomic mass is 16.5. The molecule has 0 aliphatic heterocycles. The molecule has 2 aromatic heterocycles. The Balaban J connectivity index is 1.73. The van der Waals surface area contributed by atoms with E-state index in [1.165, 1.54) is 0 Å². The average Bonchev–Trinajstić information content (AvgIpc) is 3.28. The van der Waals surface area contributed by atoms with Crippen LogP contribution in [0.4, 0.5) is 0 Å². The minimum atomic E-state index is -0.144. The number of ether oxygens (including phenoxy) is 3. The van der Waals surface area contributed by atoms with Crippen LogP contribution in [-0.2, 0) is 6.54 Å². The Bertz CT molecular complexity index is 1310. The van der Waals surface area contributed by atoms with Crippen LogP contribution in [0.1, 0.15) is 21.7 Å². The van der Waals surface area contributed by atoms with Crippen molar-refractivity contribution >= 4 is 16.8 Å². The molecule has 7 heteroatoms. The first kappa shape index (κ1) is 22.2. The van der Waals surface area contributed by atoms with Crippen molar-refractivity contribution in [3.05, 3.63) is 71.5 Å². The van der Waals surface area contributed by atoms with E-state index in [4.69, 9.17) is 23.6 Å². The molecule has 0 radical (unpaired) electrons. The summed E-state index contributed by atoms with van der Waals surface area (Å²) in [5, 5.41) is 0.778. The zero-order chi connectivity index (χ0) is 23.5. The van der Waals surface area contributed by atoms with E-state index < -0.39 is 0 Å². The summed E-state index contributed by atoms with van der Waals surface area (Å²) in [5.74, 6) is 2.84. The fourth-order valence-corrected chi connectivity index (χ4v) is 3.87. The summed E-state index contributed by atoms with van der Waals surface area (Å²) in [4.78, 5) is 19.9. The van der Waals surface area contributed by atoms with Gasteiger partial charge in [0.1, 0.15) is 11.5 Å². The number of furan rings is 1. The second-order valence-electron chi connectivity index (χ2n) is 7.64. The first-order chi connectivity index (χ1) is 16.0. The van der Waals surface area contributed by atoms with Crippen molar-refractivity contribution in [3.8, 4) is 28.7 Å². The van der Waals surface area contributed by atoms with Crippen molar-refractivity contribution in [1.29, 1.82) is 0 Å². The van der Waals surface area contributed by atoms with E-state index in [2.05, 4.69) is 0 Å². The van der Waals surface area contributed by atoms with Crippen LogP contribution in [0.3, 0.4) is 0 Å². The predicted molar refractivity (Wildman–Crippen MR) is 126 cm³/mol. The van der Waals surface area contributed by atoms with Crippen molar-refractivity contribution in [2.45, 2.75) is 13.5 Å². The van der Waals surface area contributed by atoms with Gasteiger partial charge in [0, 0.05) is 24.5 Å². The number of para-hydroxylation sites is 1. The van der Waals surface area contributed by atoms with Crippen LogP contribution in [0, 0.1) is 6.92 Å². The maximum atomic E-state index is 13.6. The first-order valence-electron chi connectivity index (χ1n) is 10.5. The third kappa shape index (κ3) is 4.22. The van der Waals surface area contributed by atoms with Gasteiger partial charge >= 0.3 is 0 Å². The fraction of sp³-hybridized carbons (Fsp3) is 0.231. The molecule has 2 aromatic carbocycles. The van der Waals surface area contributed by atoms with Gasteiger partial charge in [0.25, 0.3) is 5.91 Å². The smallest absolute Gasteiger partial charge is 0.254 e. The first-order valence-corrected chi connectivity index (χ1v) is 10.5. The molecule has 0 spiro atoms. The molecule has 170 valence electrons. The zero-order valence-electron chi connectivity index (χ0n) is 19.3. The Kier molecular flexibility index (Phi) is 6.22. The van der Waals surface area contributed by atoms with Gasteiger partial charge < -0.3 is 23.5 Å². The van der Waals surface area contributed by atoms with Gasteiger partial charge in [0.15, 0.2) is 17.3 Å². The van der Waals surface area contributed by atoms with E-state index in [1.807, 2.05) is 49.4 Å². The maximum Gasteiger partial charge on any atom is 0.254 e. The highest BCUT2D eigenvalue weighted by Crippen LogP contribution is 2.40. The molecular formula is C26H26N2O5. The number of aromatic nitrogens is 1. The van der Waals surface area contributed by atoms with Crippen LogP contribution in [-0.4, -0.2) is 44.2 Å². The number of hydrogen-bond donors (Lipinski definition) is 0. The van der Waals surface area contributed by atoms with Gasteiger partial charge in [-0.15, -0.1) is 0 Å². The second-order valence-corrected chi connectivity index (χ2v) is 7.64. The Morgan fingerprint density at radius 1 is 0.970 bits per heavy atom. The quantitative estimate of drug-likeness (QED) is 0.393. The monoisotopic (exact) mass is 446 g/mol. The predicted octanol–water partition coefficient (Wildman–Crippen LogP) is 5.10. The Hall–Kier alpha value is -4.00. The average molecular weight is 447 g/mol. The number of pyridine rings is 1. The van der Waals surface area contributed by atoms with Crippen LogP contribution in [0.25, 0.3) is 22.4 Å². The molecule has 0 saturated heterocycles. The number of carbonyl (C=O) groups is 1. The summed E-state index contributed by atoms with van der Waals surface area (Å²) in [7, 11) is 6.44. The minimum Gasteiger partial charge on any atom is -0.493 e. The third-order valence-electron chi connectivity index (χ3n) is 5.48. The summed E-state index contributed by atoms with van der Waals surface area (Å²) >= 11 is 0. The largest absolute Gasteiger partial charge is 0.493 e. The number of benzene rings is 2. The molecule has 7 nitrogen and oxygen atoms in total. The number of rotatable bonds is 7. The van der Waals surface area contributed by atoms with E-state index in [0.717, 1.165) is 22.2 Å². The normalized spacial score (nSPS) is 10.8. The molecule has 33 heavy (non-hydrogen) atoms. The van der Waals surface area contributed by atoms with Crippen molar-refractivity contribution in [3.63, 3.8) is 0 Å². The number of methoxy groups -OCH3 is 3. The lowest BCUT2D eigenvalue weighted by Crippen LogP contribution is -2.27. The summed E-state index contributed by atoms with van der Waals surface area (Å²) in [6.45, 7) is 2.19. The fourth-order valence-electron chi connectivity index (χ4n) is 3.87. The van der Waals surface area contributed by atoms with Crippen LogP contribution in [0.2, 0.25) is 0 Å². The molecule has 1 amide bonds. The molecule has 0 aliphatic rings. The summed E-state index contributed by atoms with van der Waals surface area (Å²) in [5.41, 5.74) is 2.68. The van der Waals surface area contributed by atoms with Crippen LogP contribution in [0.15, 0.2) is 59.0 Å². The van der Waals surface area contributed by atoms with E-state index in [-0.39, 0.29) is 5.91 Å². The maximum absolute atomic E-state index is 13.6. The van der Waals surface area contributed by atoms with Crippen molar-refractivity contribution in [2.75, 3.05) is 28.4 Å². The van der Waals surface area contributed by atoms with Crippen molar-refractivity contribution in [2.24, 2.45) is 0 Å². The number of nitrogens with zero attached hydrogens (tertiary/aromatic N) is 2. The molecule has 0 saturated carbocycles. The van der Waals surface area contributed by atoms with Crippen LogP contribution in [0.5, 0.6) is 17.2 Å². The lowest BCUT2D eigenvalue weighted by atomic mass is 10.0. The molecule has 0 fully saturated rings. The number of hydrogen-bond acceptors (Lipinski definition) is 6. The molecule has 4 aromatic rings. The van der Waals surface area contributed by atoms with E-state index in [0.29, 0.717) is 40.8 Å². The molecule has 0 aliphatic carbocycles. The van der Waals surface area contributed by atoms with Gasteiger partial charge in [-0.1, -0.05) is 18.2 Å². The van der Waals surface area contributed by atoms with Gasteiger partial charge in [-0.2, -0.15) is 0 Å². The molecule has 4 rings (SSSR count). The van der Waals surface area contributed by atoms with Gasteiger partial charge in [-0.25, -0.2) is 4.98 Å². The van der Waals surface area contributed by atoms with E-state index in [9.17, 15) is 4.79 Å². The molecule has 0 unspecified atom stereocenters. The lowest BCUT2D eigenvalue weighted by molar-refractivity contribution is 0.0786. The van der Waals surface area contributed by atoms with Gasteiger partial charge in [0.05, 0.1) is 32.4 Å². The number of fused-ring (bicyclic) bond motifs is 1. The molecule has 0 atom stereocenters. The number of aryl methyl sites for hydroxylation is 1. The molecular weight excluding hydrogens is 420 g/mol. The van der Waals surface area contributed by atoms with Gasteiger partial charge in [0.2, 0.25) is 5.75 Å². The molecule has 0 N–H and O–H groups in total. The Labute approximate surface area is 192 Å². The second kappa shape index (κ2) is 9.24. The van der Waals surface area contributed by atoms with Gasteiger partial charge in [-0.05, 0) is 43.3 Å². The molecule has 2 heterocycles. The topological polar surface area (TPSA) is 74.0 Å². The van der Waals surface area contributed by atoms with Crippen molar-refractivity contribution < 1.29 is 23.4 Å². The highest BCUT2D eigenvalue weighted by Gasteiger charge is 2.22. The number of amides is 1. The Morgan fingerprint density at radius 3 is 2.39 bits per heavy atom. The lowest BCUT2D eigenvalue weighted by Gasteiger charge is -2.22. The summed E-state index contributed by atoms with van der Waals surface area (Å²) in [6.07, 6.45) is 0. The van der Waals surface area contributed by atoms with E-state index >= 15 is 0 Å². The SMILES string of the molecule is COc1ccc(CN(C)C(=O)c2cc(-c3ccc(C)o3)nc3ccccc23)c(OC)c1OC. The summed E-state index contributed by atoms with van der Waals surface area (Å²) in [6, 6.07) is 16.8. The zero-order valence-corrected chi connectivity index (χ0v) is 19.3. The highest BCUT2D eigenvalue weighted by molar-refractivity contribution is 6.07. The van der Waals surface area contributed by atoms with Gasteiger partial charge in [-0.3, -0.25) is 4.79 Å². The standard InChI is InChI=1S/C26H26N2O5/c1-16-10-12-22(33-16)21-14-19(18-8-6-7-9-20(18)27-21)26(29)28(2)15-17-11-13-23(30-3)25(32-5)24(17)31-4/h6-14H,15H2,1-5H3. The summed E-state index contributed by atoms with van der Waals surface area (Å²) < 4.78 is 22.2. The van der Waals surface area contributed by atoms with Crippen molar-refractivity contribution in [1.82, 2.24) is 9.88 Å².